The average Bonchev–Trinajstić information content (AvgIpc) is 2.40. The number of hydrogen-bond donors (Lipinski definition) is 1. The van der Waals surface area contributed by atoms with E-state index >= 15 is 0 Å². The fourth-order valence-electron chi connectivity index (χ4n) is 1.94. The van der Waals surface area contributed by atoms with Gasteiger partial charge < -0.3 is 9.84 Å². The highest BCUT2D eigenvalue weighted by Crippen LogP contribution is 2.30. The van der Waals surface area contributed by atoms with Gasteiger partial charge in [0, 0.05) is 22.5 Å². The van der Waals surface area contributed by atoms with Gasteiger partial charge in [-0.15, -0.1) is 0 Å². The molecule has 0 spiro atoms. The molecule has 1 N–H and O–H groups in total. The molecule has 100 valence electrons. The Kier molecular flexibility index (Phi) is 5.73. The van der Waals surface area contributed by atoms with Gasteiger partial charge in [0.1, 0.15) is 5.75 Å². The second kappa shape index (κ2) is 7.08. The number of benzene rings is 1. The van der Waals surface area contributed by atoms with Gasteiger partial charge in [0.05, 0.1) is 17.7 Å². The molecule has 2 rings (SSSR count). The minimum absolute atomic E-state index is 0.261. The summed E-state index contributed by atoms with van der Waals surface area (Å²) in [6.45, 7) is 0. The Morgan fingerprint density at radius 1 is 1.50 bits per heavy atom. The maximum Gasteiger partial charge on any atom is 0.133 e. The molecule has 2 atom stereocenters. The Morgan fingerprint density at radius 3 is 2.94 bits per heavy atom. The highest BCUT2D eigenvalue weighted by atomic mass is 79.9. The number of thioether (sulfide) groups is 2. The van der Waals surface area contributed by atoms with Gasteiger partial charge in [-0.05, 0) is 40.0 Å². The fourth-order valence-corrected chi connectivity index (χ4v) is 5.30. The topological polar surface area (TPSA) is 29.5 Å². The highest BCUT2D eigenvalue weighted by molar-refractivity contribution is 9.10. The third-order valence-electron chi connectivity index (χ3n) is 2.93. The average molecular weight is 349 g/mol. The van der Waals surface area contributed by atoms with E-state index in [1.807, 2.05) is 41.7 Å². The number of hydrogen-bond acceptors (Lipinski definition) is 4. The van der Waals surface area contributed by atoms with E-state index in [1.54, 1.807) is 7.11 Å². The second-order valence-electron chi connectivity index (χ2n) is 4.22. The predicted octanol–water partition coefficient (Wildman–Crippen LogP) is 3.21. The molecule has 0 amide bonds. The summed E-state index contributed by atoms with van der Waals surface area (Å²) >= 11 is 7.31. The van der Waals surface area contributed by atoms with E-state index in [2.05, 4.69) is 15.9 Å². The molecule has 2 unspecified atom stereocenters. The first-order valence-corrected chi connectivity index (χ1v) is 8.90. The second-order valence-corrected chi connectivity index (χ2v) is 7.58. The molecular formula is C13H17BrO2S2. The number of ether oxygens (including phenoxy) is 1. The molecule has 0 bridgehead atoms. The number of methoxy groups -OCH3 is 1. The number of halogens is 1. The minimum atomic E-state index is -0.261. The molecule has 1 aromatic rings. The summed E-state index contributed by atoms with van der Waals surface area (Å²) in [5.41, 5.74) is 1.14. The van der Waals surface area contributed by atoms with E-state index in [4.69, 9.17) is 4.74 Å². The van der Waals surface area contributed by atoms with Crippen LogP contribution in [0.5, 0.6) is 5.75 Å². The third-order valence-corrected chi connectivity index (χ3v) is 6.46. The van der Waals surface area contributed by atoms with Gasteiger partial charge in [0.2, 0.25) is 0 Å². The number of rotatable bonds is 4. The van der Waals surface area contributed by atoms with Gasteiger partial charge >= 0.3 is 0 Å². The van der Waals surface area contributed by atoms with Crippen LogP contribution in [-0.2, 0) is 6.42 Å². The highest BCUT2D eigenvalue weighted by Gasteiger charge is 2.23. The quantitative estimate of drug-likeness (QED) is 0.904. The summed E-state index contributed by atoms with van der Waals surface area (Å²) in [5, 5.41) is 10.6. The number of aliphatic hydroxyl groups excluding tert-OH is 1. The molecule has 0 aliphatic carbocycles. The lowest BCUT2D eigenvalue weighted by molar-refractivity contribution is 0.177. The van der Waals surface area contributed by atoms with Crippen LogP contribution in [0.3, 0.4) is 0 Å². The maximum absolute atomic E-state index is 10.3. The zero-order valence-electron chi connectivity index (χ0n) is 10.3. The molecule has 5 heteroatoms. The van der Waals surface area contributed by atoms with E-state index in [9.17, 15) is 5.11 Å². The molecule has 1 heterocycles. The zero-order chi connectivity index (χ0) is 13.0. The van der Waals surface area contributed by atoms with Crippen molar-refractivity contribution >= 4 is 39.5 Å². The molecule has 0 radical (unpaired) electrons. The molecule has 1 saturated heterocycles. The fraction of sp³-hybridized carbons (Fsp3) is 0.538. The largest absolute Gasteiger partial charge is 0.496 e. The van der Waals surface area contributed by atoms with Crippen LogP contribution >= 0.6 is 39.5 Å². The smallest absolute Gasteiger partial charge is 0.133 e. The first-order valence-electron chi connectivity index (χ1n) is 5.90. The molecule has 0 aromatic heterocycles. The van der Waals surface area contributed by atoms with Gasteiger partial charge in [-0.25, -0.2) is 0 Å². The normalized spacial score (nSPS) is 21.6. The first kappa shape index (κ1) is 14.6. The lowest BCUT2D eigenvalue weighted by Crippen LogP contribution is -2.30. The van der Waals surface area contributed by atoms with Crippen LogP contribution in [0.25, 0.3) is 0 Å². The molecule has 0 saturated carbocycles. The van der Waals surface area contributed by atoms with Crippen LogP contribution in [0.15, 0.2) is 22.7 Å². The van der Waals surface area contributed by atoms with Crippen molar-refractivity contribution in [2.24, 2.45) is 0 Å². The van der Waals surface area contributed by atoms with E-state index in [1.165, 1.54) is 5.75 Å². The summed E-state index contributed by atoms with van der Waals surface area (Å²) in [5.74, 6) is 4.25. The van der Waals surface area contributed by atoms with Crippen LogP contribution in [0.1, 0.15) is 5.56 Å². The van der Waals surface area contributed by atoms with E-state index < -0.39 is 0 Å². The summed E-state index contributed by atoms with van der Waals surface area (Å²) in [6, 6.07) is 5.99. The van der Waals surface area contributed by atoms with Crippen molar-refractivity contribution in [1.29, 1.82) is 0 Å². The maximum atomic E-state index is 10.3. The van der Waals surface area contributed by atoms with Gasteiger partial charge in [-0.1, -0.05) is 6.07 Å². The van der Waals surface area contributed by atoms with E-state index in [0.717, 1.165) is 27.3 Å². The molecular weight excluding hydrogens is 332 g/mol. The van der Waals surface area contributed by atoms with Crippen molar-refractivity contribution in [3.8, 4) is 5.75 Å². The standard InChI is InChI=1S/C13H17BrO2S2/c1-16-12-3-2-9(6-10(12)14)7-11(15)13-8-17-4-5-18-13/h2-3,6,11,13,15H,4-5,7-8H2,1H3. The lowest BCUT2D eigenvalue weighted by Gasteiger charge is -2.26. The van der Waals surface area contributed by atoms with Crippen molar-refractivity contribution < 1.29 is 9.84 Å². The summed E-state index contributed by atoms with van der Waals surface area (Å²) < 4.78 is 6.15. The zero-order valence-corrected chi connectivity index (χ0v) is 13.5. The molecule has 2 nitrogen and oxygen atoms in total. The Balaban J connectivity index is 1.97. The summed E-state index contributed by atoms with van der Waals surface area (Å²) in [6.07, 6.45) is 0.448. The van der Waals surface area contributed by atoms with Crippen molar-refractivity contribution in [1.82, 2.24) is 0 Å². The predicted molar refractivity (Wildman–Crippen MR) is 84.0 cm³/mol. The van der Waals surface area contributed by atoms with Crippen LogP contribution in [0.4, 0.5) is 0 Å². The van der Waals surface area contributed by atoms with Gasteiger partial charge in [-0.3, -0.25) is 0 Å². The van der Waals surface area contributed by atoms with Crippen LogP contribution < -0.4 is 4.74 Å². The van der Waals surface area contributed by atoms with Crippen LogP contribution in [0.2, 0.25) is 0 Å². The van der Waals surface area contributed by atoms with Crippen molar-refractivity contribution in [3.63, 3.8) is 0 Å². The van der Waals surface area contributed by atoms with Gasteiger partial charge in [0.25, 0.3) is 0 Å². The monoisotopic (exact) mass is 348 g/mol. The molecule has 1 aliphatic heterocycles. The molecule has 18 heavy (non-hydrogen) atoms. The summed E-state index contributed by atoms with van der Waals surface area (Å²) in [4.78, 5) is 0. The third kappa shape index (κ3) is 3.83. The Bertz CT molecular complexity index is 395. The molecule has 1 fully saturated rings. The Hall–Kier alpha value is 0.160. The SMILES string of the molecule is COc1ccc(CC(O)C2CSCCS2)cc1Br. The minimum Gasteiger partial charge on any atom is -0.496 e. The van der Waals surface area contributed by atoms with Gasteiger partial charge in [-0.2, -0.15) is 23.5 Å². The first-order chi connectivity index (χ1) is 8.70. The van der Waals surface area contributed by atoms with Crippen molar-refractivity contribution in [3.05, 3.63) is 28.2 Å². The number of aliphatic hydroxyl groups is 1. The van der Waals surface area contributed by atoms with E-state index in [-0.39, 0.29) is 6.10 Å². The van der Waals surface area contributed by atoms with E-state index in [0.29, 0.717) is 11.7 Å². The van der Waals surface area contributed by atoms with Crippen LogP contribution in [0, 0.1) is 0 Å². The van der Waals surface area contributed by atoms with Crippen LogP contribution in [-0.4, -0.2) is 40.8 Å². The van der Waals surface area contributed by atoms with Crippen molar-refractivity contribution in [2.45, 2.75) is 17.8 Å². The van der Waals surface area contributed by atoms with Gasteiger partial charge in [0.15, 0.2) is 0 Å². The van der Waals surface area contributed by atoms with Crippen molar-refractivity contribution in [2.75, 3.05) is 24.4 Å². The molecule has 1 aliphatic rings. The summed E-state index contributed by atoms with van der Waals surface area (Å²) in [7, 11) is 1.66. The lowest BCUT2D eigenvalue weighted by atomic mass is 10.1. The molecule has 1 aromatic carbocycles. The Morgan fingerprint density at radius 2 is 2.33 bits per heavy atom. The Labute approximate surface area is 125 Å².